The quantitative estimate of drug-likeness (QED) is 0.557. The highest BCUT2D eigenvalue weighted by molar-refractivity contribution is 6.70. The van der Waals surface area contributed by atoms with Crippen LogP contribution in [0, 0.1) is 29.3 Å². The van der Waals surface area contributed by atoms with E-state index in [0.29, 0.717) is 17.7 Å². The molecule has 0 spiro atoms. The van der Waals surface area contributed by atoms with Crippen LogP contribution in [0.15, 0.2) is 36.4 Å². The molecule has 0 nitrogen and oxygen atoms in total. The third-order valence-electron chi connectivity index (χ3n) is 2.80. The number of hydrogen-bond donors (Lipinski definition) is 0. The summed E-state index contributed by atoms with van der Waals surface area (Å²) in [5.74, 6) is 2.18. The Bertz CT molecular complexity index is 656. The van der Waals surface area contributed by atoms with Crippen molar-refractivity contribution in [2.75, 3.05) is 0 Å². The standard InChI is InChI=1S/C16H12F3Si/c1-20(2)13-6-3-11(4-7-13)5-8-14-15(18)9-12(17)10-16(14)19/h3-4,6-7,9-10H,1-2H3. The van der Waals surface area contributed by atoms with Gasteiger partial charge < -0.3 is 0 Å². The lowest BCUT2D eigenvalue weighted by Gasteiger charge is -2.02. The van der Waals surface area contributed by atoms with Crippen LogP contribution in [0.25, 0.3) is 0 Å². The van der Waals surface area contributed by atoms with Gasteiger partial charge in [-0.3, -0.25) is 0 Å². The van der Waals surface area contributed by atoms with Crippen LogP contribution in [0.2, 0.25) is 13.1 Å². The molecule has 0 fully saturated rings. The second-order valence-electron chi connectivity index (χ2n) is 4.57. The van der Waals surface area contributed by atoms with Gasteiger partial charge in [-0.25, -0.2) is 13.2 Å². The van der Waals surface area contributed by atoms with Gasteiger partial charge in [0, 0.05) is 17.7 Å². The highest BCUT2D eigenvalue weighted by Crippen LogP contribution is 2.13. The van der Waals surface area contributed by atoms with Crippen molar-refractivity contribution in [3.63, 3.8) is 0 Å². The predicted molar refractivity (Wildman–Crippen MR) is 75.9 cm³/mol. The molecule has 0 bridgehead atoms. The predicted octanol–water partition coefficient (Wildman–Crippen LogP) is 3.47. The zero-order valence-corrected chi connectivity index (χ0v) is 12.1. The molecule has 0 aromatic heterocycles. The molecule has 0 aliphatic heterocycles. The Hall–Kier alpha value is -1.99. The van der Waals surface area contributed by atoms with Crippen LogP contribution >= 0.6 is 0 Å². The fourth-order valence-corrected chi connectivity index (χ4v) is 2.52. The van der Waals surface area contributed by atoms with Crippen LogP contribution in [0.4, 0.5) is 13.2 Å². The molecule has 0 atom stereocenters. The van der Waals surface area contributed by atoms with Gasteiger partial charge in [0.05, 0.1) is 14.4 Å². The van der Waals surface area contributed by atoms with Crippen LogP contribution in [-0.2, 0) is 0 Å². The van der Waals surface area contributed by atoms with Crippen molar-refractivity contribution in [2.24, 2.45) is 0 Å². The number of hydrogen-bond acceptors (Lipinski definition) is 0. The van der Waals surface area contributed by atoms with E-state index in [1.54, 1.807) is 0 Å². The summed E-state index contributed by atoms with van der Waals surface area (Å²) in [5.41, 5.74) is 0.256. The van der Waals surface area contributed by atoms with Gasteiger partial charge in [0.15, 0.2) is 0 Å². The van der Waals surface area contributed by atoms with E-state index in [-0.39, 0.29) is 0 Å². The Labute approximate surface area is 117 Å². The summed E-state index contributed by atoms with van der Waals surface area (Å²) in [6.45, 7) is 4.35. The first kappa shape index (κ1) is 14.4. The van der Waals surface area contributed by atoms with Gasteiger partial charge in [-0.15, -0.1) is 0 Å². The van der Waals surface area contributed by atoms with Crippen molar-refractivity contribution < 1.29 is 13.2 Å². The van der Waals surface area contributed by atoms with E-state index in [4.69, 9.17) is 0 Å². The molecule has 4 heteroatoms. The molecule has 20 heavy (non-hydrogen) atoms. The van der Waals surface area contributed by atoms with Crippen molar-refractivity contribution in [1.29, 1.82) is 0 Å². The van der Waals surface area contributed by atoms with Crippen LogP contribution < -0.4 is 5.19 Å². The second-order valence-corrected chi connectivity index (χ2v) is 7.15. The third kappa shape index (κ3) is 3.31. The summed E-state index contributed by atoms with van der Waals surface area (Å²) in [6.07, 6.45) is 0. The van der Waals surface area contributed by atoms with Crippen LogP contribution in [-0.4, -0.2) is 8.80 Å². The maximum atomic E-state index is 13.4. The van der Waals surface area contributed by atoms with Crippen molar-refractivity contribution >= 4 is 14.0 Å². The van der Waals surface area contributed by atoms with Crippen LogP contribution in [0.3, 0.4) is 0 Å². The van der Waals surface area contributed by atoms with Gasteiger partial charge in [0.1, 0.15) is 17.5 Å². The largest absolute Gasteiger partial charge is 0.207 e. The molecule has 101 valence electrons. The Morgan fingerprint density at radius 1 is 0.850 bits per heavy atom. The molecule has 2 rings (SSSR count). The summed E-state index contributed by atoms with van der Waals surface area (Å²) < 4.78 is 39.6. The first-order valence-electron chi connectivity index (χ1n) is 6.04. The minimum absolute atomic E-state index is 0.411. The maximum absolute atomic E-state index is 13.4. The summed E-state index contributed by atoms with van der Waals surface area (Å²) in [7, 11) is -0.523. The zero-order valence-electron chi connectivity index (χ0n) is 11.1. The molecule has 0 aliphatic carbocycles. The van der Waals surface area contributed by atoms with Gasteiger partial charge in [-0.05, 0) is 12.1 Å². The average molecular weight is 289 g/mol. The highest BCUT2D eigenvalue weighted by Gasteiger charge is 2.08. The summed E-state index contributed by atoms with van der Waals surface area (Å²) in [5, 5.41) is 1.26. The first-order valence-corrected chi connectivity index (χ1v) is 8.54. The van der Waals surface area contributed by atoms with E-state index < -0.39 is 31.8 Å². The maximum Gasteiger partial charge on any atom is 0.144 e. The fraction of sp³-hybridized carbons (Fsp3) is 0.125. The molecular weight excluding hydrogens is 277 g/mol. The average Bonchev–Trinajstić information content (AvgIpc) is 2.38. The molecular formula is C16H12F3Si. The number of benzene rings is 2. The minimum Gasteiger partial charge on any atom is -0.207 e. The molecule has 0 amide bonds. The molecule has 2 aromatic rings. The Balaban J connectivity index is 2.31. The molecule has 0 saturated carbocycles. The van der Waals surface area contributed by atoms with E-state index in [9.17, 15) is 13.2 Å². The van der Waals surface area contributed by atoms with Crippen molar-refractivity contribution in [2.45, 2.75) is 13.1 Å². The highest BCUT2D eigenvalue weighted by atomic mass is 28.3. The zero-order chi connectivity index (χ0) is 14.7. The summed E-state index contributed by atoms with van der Waals surface area (Å²) in [4.78, 5) is 0. The second kappa shape index (κ2) is 5.97. The molecule has 0 saturated heterocycles. The van der Waals surface area contributed by atoms with Crippen LogP contribution in [0.1, 0.15) is 11.1 Å². The third-order valence-corrected chi connectivity index (χ3v) is 4.29. The summed E-state index contributed by atoms with van der Waals surface area (Å²) >= 11 is 0. The van der Waals surface area contributed by atoms with E-state index in [1.807, 2.05) is 24.3 Å². The topological polar surface area (TPSA) is 0 Å². The lowest BCUT2D eigenvalue weighted by atomic mass is 10.1. The molecule has 0 unspecified atom stereocenters. The Kier molecular flexibility index (Phi) is 4.31. The van der Waals surface area contributed by atoms with Gasteiger partial charge in [0.2, 0.25) is 0 Å². The smallest absolute Gasteiger partial charge is 0.144 e. The van der Waals surface area contributed by atoms with Gasteiger partial charge in [0.25, 0.3) is 0 Å². The Morgan fingerprint density at radius 3 is 1.90 bits per heavy atom. The van der Waals surface area contributed by atoms with Crippen molar-refractivity contribution in [3.8, 4) is 11.8 Å². The lowest BCUT2D eigenvalue weighted by molar-refractivity contribution is 0.539. The van der Waals surface area contributed by atoms with Crippen LogP contribution in [0.5, 0.6) is 0 Å². The molecule has 0 aliphatic rings. The molecule has 0 N–H and O–H groups in total. The lowest BCUT2D eigenvalue weighted by Crippen LogP contribution is -2.21. The van der Waals surface area contributed by atoms with E-state index in [2.05, 4.69) is 24.9 Å². The fourth-order valence-electron chi connectivity index (χ4n) is 1.68. The van der Waals surface area contributed by atoms with E-state index in [0.717, 1.165) is 0 Å². The van der Waals surface area contributed by atoms with E-state index in [1.165, 1.54) is 5.19 Å². The Morgan fingerprint density at radius 2 is 1.40 bits per heavy atom. The van der Waals surface area contributed by atoms with Crippen molar-refractivity contribution in [3.05, 3.63) is 65.0 Å². The normalized spacial score (nSPS) is 10.3. The monoisotopic (exact) mass is 289 g/mol. The molecule has 2 aromatic carbocycles. The van der Waals surface area contributed by atoms with Crippen molar-refractivity contribution in [1.82, 2.24) is 0 Å². The van der Waals surface area contributed by atoms with Gasteiger partial charge in [-0.1, -0.05) is 42.3 Å². The SMILES string of the molecule is C[Si](C)c1ccc(C#Cc2c(F)cc(F)cc2F)cc1. The first-order chi connectivity index (χ1) is 9.47. The molecule has 1 radical (unpaired) electrons. The minimum atomic E-state index is -0.987. The number of halogens is 3. The van der Waals surface area contributed by atoms with Gasteiger partial charge in [-0.2, -0.15) is 0 Å². The number of rotatable bonds is 1. The molecule has 0 heterocycles. The summed E-state index contributed by atoms with van der Waals surface area (Å²) in [6, 6.07) is 8.82. The van der Waals surface area contributed by atoms with Gasteiger partial charge >= 0.3 is 0 Å². The van der Waals surface area contributed by atoms with E-state index >= 15 is 0 Å².